The van der Waals surface area contributed by atoms with Crippen molar-refractivity contribution in [2.75, 3.05) is 4.72 Å². The highest BCUT2D eigenvalue weighted by atomic mass is 35.5. The summed E-state index contributed by atoms with van der Waals surface area (Å²) in [5.74, 6) is 0. The van der Waals surface area contributed by atoms with Gasteiger partial charge < -0.3 is 0 Å². The van der Waals surface area contributed by atoms with E-state index in [-0.39, 0.29) is 22.2 Å². The normalized spacial score (nSPS) is 10.9. The average molecular weight is 322 g/mol. The minimum atomic E-state index is -3.74. The molecule has 0 radical (unpaired) electrons. The molecule has 0 aliphatic carbocycles. The van der Waals surface area contributed by atoms with Crippen LogP contribution in [0, 0.1) is 18.3 Å². The average Bonchev–Trinajstić information content (AvgIpc) is 2.44. The van der Waals surface area contributed by atoms with E-state index in [0.29, 0.717) is 0 Å². The number of halogens is 1. The molecule has 2 aromatic rings. The maximum atomic E-state index is 12.3. The van der Waals surface area contributed by atoms with Crippen LogP contribution < -0.4 is 4.72 Å². The van der Waals surface area contributed by atoms with Crippen LogP contribution in [0.25, 0.3) is 0 Å². The summed E-state index contributed by atoms with van der Waals surface area (Å²) in [6.07, 6.45) is 1.79. The first-order chi connectivity index (χ1) is 9.92. The SMILES string of the molecule is Cc1cnc(Cl)c(NS(=O)(=O)c2ccc(CC#N)cc2)c1. The van der Waals surface area contributed by atoms with Gasteiger partial charge in [-0.05, 0) is 36.2 Å². The quantitative estimate of drug-likeness (QED) is 0.878. The lowest BCUT2D eigenvalue weighted by Gasteiger charge is -2.10. The molecule has 0 unspecified atom stereocenters. The van der Waals surface area contributed by atoms with Crippen molar-refractivity contribution in [3.8, 4) is 6.07 Å². The molecule has 0 bridgehead atoms. The van der Waals surface area contributed by atoms with Gasteiger partial charge in [0.05, 0.1) is 23.1 Å². The van der Waals surface area contributed by atoms with Gasteiger partial charge in [-0.1, -0.05) is 23.7 Å². The van der Waals surface area contributed by atoms with Crippen molar-refractivity contribution in [1.82, 2.24) is 4.98 Å². The summed E-state index contributed by atoms with van der Waals surface area (Å²) in [6.45, 7) is 1.79. The van der Waals surface area contributed by atoms with Crippen LogP contribution in [-0.2, 0) is 16.4 Å². The lowest BCUT2D eigenvalue weighted by atomic mass is 10.2. The summed E-state index contributed by atoms with van der Waals surface area (Å²) in [4.78, 5) is 4.00. The number of benzene rings is 1. The summed E-state index contributed by atoms with van der Waals surface area (Å²) in [6, 6.07) is 9.72. The number of aromatic nitrogens is 1. The highest BCUT2D eigenvalue weighted by molar-refractivity contribution is 7.92. The van der Waals surface area contributed by atoms with Crippen molar-refractivity contribution >= 4 is 27.3 Å². The number of anilines is 1. The van der Waals surface area contributed by atoms with E-state index in [1.165, 1.54) is 12.1 Å². The first-order valence-corrected chi connectivity index (χ1v) is 7.89. The largest absolute Gasteiger partial charge is 0.276 e. The molecule has 108 valence electrons. The molecule has 1 N–H and O–H groups in total. The van der Waals surface area contributed by atoms with E-state index in [4.69, 9.17) is 16.9 Å². The van der Waals surface area contributed by atoms with Gasteiger partial charge in [-0.2, -0.15) is 5.26 Å². The van der Waals surface area contributed by atoms with E-state index in [1.807, 2.05) is 6.07 Å². The fraction of sp³-hybridized carbons (Fsp3) is 0.143. The van der Waals surface area contributed by atoms with Crippen LogP contribution in [0.5, 0.6) is 0 Å². The first-order valence-electron chi connectivity index (χ1n) is 6.03. The van der Waals surface area contributed by atoms with Crippen LogP contribution >= 0.6 is 11.6 Å². The second kappa shape index (κ2) is 6.12. The lowest BCUT2D eigenvalue weighted by Crippen LogP contribution is -2.13. The summed E-state index contributed by atoms with van der Waals surface area (Å²) in [7, 11) is -3.74. The van der Waals surface area contributed by atoms with Gasteiger partial charge in [-0.25, -0.2) is 13.4 Å². The second-order valence-corrected chi connectivity index (χ2v) is 6.48. The number of nitrogens with one attached hydrogen (secondary N) is 1. The third kappa shape index (κ3) is 3.72. The van der Waals surface area contributed by atoms with Crippen molar-refractivity contribution in [3.63, 3.8) is 0 Å². The van der Waals surface area contributed by atoms with Crippen LogP contribution in [0.4, 0.5) is 5.69 Å². The van der Waals surface area contributed by atoms with Gasteiger partial charge >= 0.3 is 0 Å². The first kappa shape index (κ1) is 15.3. The Labute approximate surface area is 128 Å². The van der Waals surface area contributed by atoms with Crippen molar-refractivity contribution in [3.05, 3.63) is 52.8 Å². The van der Waals surface area contributed by atoms with Gasteiger partial charge in [-0.3, -0.25) is 4.72 Å². The topological polar surface area (TPSA) is 82.8 Å². The zero-order chi connectivity index (χ0) is 15.5. The second-order valence-electron chi connectivity index (χ2n) is 4.44. The number of hydrogen-bond donors (Lipinski definition) is 1. The Hall–Kier alpha value is -2.10. The summed E-state index contributed by atoms with van der Waals surface area (Å²) < 4.78 is 27.0. The molecule has 21 heavy (non-hydrogen) atoms. The maximum absolute atomic E-state index is 12.3. The van der Waals surface area contributed by atoms with E-state index in [9.17, 15) is 8.42 Å². The summed E-state index contributed by atoms with van der Waals surface area (Å²) >= 11 is 5.88. The van der Waals surface area contributed by atoms with Crippen molar-refractivity contribution in [1.29, 1.82) is 5.26 Å². The maximum Gasteiger partial charge on any atom is 0.261 e. The number of hydrogen-bond acceptors (Lipinski definition) is 4. The Bertz CT molecular complexity index is 796. The number of nitriles is 1. The lowest BCUT2D eigenvalue weighted by molar-refractivity contribution is 0.601. The molecule has 1 heterocycles. The minimum Gasteiger partial charge on any atom is -0.276 e. The van der Waals surface area contributed by atoms with E-state index < -0.39 is 10.0 Å². The van der Waals surface area contributed by atoms with Gasteiger partial charge in [0, 0.05) is 6.20 Å². The van der Waals surface area contributed by atoms with Gasteiger partial charge in [0.15, 0.2) is 5.15 Å². The number of sulfonamides is 1. The molecule has 0 saturated heterocycles. The van der Waals surface area contributed by atoms with E-state index in [1.54, 1.807) is 31.3 Å². The smallest absolute Gasteiger partial charge is 0.261 e. The minimum absolute atomic E-state index is 0.0882. The molecule has 7 heteroatoms. The highest BCUT2D eigenvalue weighted by Crippen LogP contribution is 2.23. The molecule has 0 fully saturated rings. The molecule has 0 aliphatic rings. The Morgan fingerprint density at radius 2 is 2.00 bits per heavy atom. The van der Waals surface area contributed by atoms with Gasteiger partial charge in [0.1, 0.15) is 0 Å². The van der Waals surface area contributed by atoms with E-state index >= 15 is 0 Å². The van der Waals surface area contributed by atoms with Crippen LogP contribution in [0.1, 0.15) is 11.1 Å². The molecular weight excluding hydrogens is 310 g/mol. The molecule has 2 rings (SSSR count). The molecule has 1 aromatic heterocycles. The predicted molar refractivity (Wildman–Crippen MR) is 80.6 cm³/mol. The fourth-order valence-corrected chi connectivity index (χ4v) is 2.97. The number of nitrogens with zero attached hydrogens (tertiary/aromatic N) is 2. The van der Waals surface area contributed by atoms with Crippen molar-refractivity contribution in [2.24, 2.45) is 0 Å². The van der Waals surface area contributed by atoms with Crippen molar-refractivity contribution in [2.45, 2.75) is 18.2 Å². The number of aryl methyl sites for hydroxylation is 1. The fourth-order valence-electron chi connectivity index (χ4n) is 1.71. The monoisotopic (exact) mass is 321 g/mol. The van der Waals surface area contributed by atoms with Crippen LogP contribution in [0.3, 0.4) is 0 Å². The van der Waals surface area contributed by atoms with Crippen LogP contribution in [-0.4, -0.2) is 13.4 Å². The zero-order valence-electron chi connectivity index (χ0n) is 11.2. The Balaban J connectivity index is 2.30. The molecule has 0 atom stereocenters. The Morgan fingerprint density at radius 3 is 2.62 bits per heavy atom. The summed E-state index contributed by atoms with van der Waals surface area (Å²) in [5.41, 5.74) is 1.78. The zero-order valence-corrected chi connectivity index (χ0v) is 12.7. The third-order valence-corrected chi connectivity index (χ3v) is 4.42. The number of rotatable bonds is 4. The summed E-state index contributed by atoms with van der Waals surface area (Å²) in [5, 5.41) is 8.69. The molecule has 0 spiro atoms. The van der Waals surface area contributed by atoms with Crippen LogP contribution in [0.15, 0.2) is 41.4 Å². The Morgan fingerprint density at radius 1 is 1.33 bits per heavy atom. The third-order valence-electron chi connectivity index (χ3n) is 2.74. The van der Waals surface area contributed by atoms with E-state index in [2.05, 4.69) is 9.71 Å². The van der Waals surface area contributed by atoms with Gasteiger partial charge in [-0.15, -0.1) is 0 Å². The standard InChI is InChI=1S/C14H12ClN3O2S/c1-10-8-13(14(15)17-9-10)18-21(19,20)12-4-2-11(3-5-12)6-7-16/h2-5,8-9,18H,6H2,1H3. The Kier molecular flexibility index (Phi) is 4.46. The number of pyridine rings is 1. The molecular formula is C14H12ClN3O2S. The van der Waals surface area contributed by atoms with Crippen LogP contribution in [0.2, 0.25) is 5.15 Å². The predicted octanol–water partition coefficient (Wildman–Crippen LogP) is 2.91. The highest BCUT2D eigenvalue weighted by Gasteiger charge is 2.16. The van der Waals surface area contributed by atoms with Crippen molar-refractivity contribution < 1.29 is 8.42 Å². The molecule has 1 aromatic carbocycles. The molecule has 5 nitrogen and oxygen atoms in total. The van der Waals surface area contributed by atoms with Gasteiger partial charge in [0.2, 0.25) is 0 Å². The molecule has 0 aliphatic heterocycles. The molecule has 0 saturated carbocycles. The van der Waals surface area contributed by atoms with E-state index in [0.717, 1.165) is 11.1 Å². The van der Waals surface area contributed by atoms with Gasteiger partial charge in [0.25, 0.3) is 10.0 Å². The molecule has 0 amide bonds.